The van der Waals surface area contributed by atoms with Crippen LogP contribution < -0.4 is 0 Å². The van der Waals surface area contributed by atoms with Gasteiger partial charge in [-0.1, -0.05) is 62.8 Å². The molecule has 5 rings (SSSR count). The number of nitrogens with zero attached hydrogens (tertiary/aromatic N) is 2. The number of likely N-dealkylation sites (N-methyl/N-ethyl adjacent to an activating group) is 2. The van der Waals surface area contributed by atoms with Crippen LogP contribution in [-0.2, 0) is 12.8 Å². The van der Waals surface area contributed by atoms with Crippen LogP contribution in [-0.4, -0.2) is 49.1 Å². The molecule has 2 saturated carbocycles. The van der Waals surface area contributed by atoms with Crippen molar-refractivity contribution < 1.29 is 0 Å². The highest BCUT2D eigenvalue weighted by Gasteiger charge is 2.38. The van der Waals surface area contributed by atoms with Gasteiger partial charge in [0.1, 0.15) is 0 Å². The molecular weight excluding hydrogens is 364 g/mol. The number of hydrogen-bond acceptors (Lipinski definition) is 2. The highest BCUT2D eigenvalue weighted by molar-refractivity contribution is 5.25. The third kappa shape index (κ3) is 4.37. The van der Waals surface area contributed by atoms with Crippen LogP contribution in [0.4, 0.5) is 0 Å². The van der Waals surface area contributed by atoms with E-state index in [0.29, 0.717) is 0 Å². The number of rotatable bonds is 4. The first-order valence-electron chi connectivity index (χ1n) is 13.2. The molecule has 0 radical (unpaired) electrons. The molecule has 2 aliphatic carbocycles. The lowest BCUT2D eigenvalue weighted by Gasteiger charge is -2.47. The van der Waals surface area contributed by atoms with Crippen molar-refractivity contribution in [3.8, 4) is 0 Å². The van der Waals surface area contributed by atoms with E-state index in [0.717, 1.165) is 35.8 Å². The van der Waals surface area contributed by atoms with Crippen LogP contribution in [0.25, 0.3) is 0 Å². The Labute approximate surface area is 185 Å². The van der Waals surface area contributed by atoms with E-state index in [1.165, 1.54) is 90.1 Å². The zero-order valence-electron chi connectivity index (χ0n) is 19.6. The summed E-state index contributed by atoms with van der Waals surface area (Å²) in [6.07, 6.45) is 17.2. The molecule has 2 heteroatoms. The van der Waals surface area contributed by atoms with Gasteiger partial charge in [0.05, 0.1) is 0 Å². The summed E-state index contributed by atoms with van der Waals surface area (Å²) in [4.78, 5) is 5.36. The van der Waals surface area contributed by atoms with Gasteiger partial charge in [-0.3, -0.25) is 0 Å². The van der Waals surface area contributed by atoms with E-state index in [-0.39, 0.29) is 0 Å². The number of fused-ring (bicyclic) bond motifs is 2. The maximum absolute atomic E-state index is 2.68. The van der Waals surface area contributed by atoms with E-state index >= 15 is 0 Å². The van der Waals surface area contributed by atoms with Gasteiger partial charge in [-0.05, 0) is 101 Å². The molecule has 166 valence electrons. The Morgan fingerprint density at radius 2 is 1.00 bits per heavy atom. The van der Waals surface area contributed by atoms with Gasteiger partial charge in [-0.2, -0.15) is 0 Å². The molecule has 0 spiro atoms. The molecule has 6 atom stereocenters. The Bertz CT molecular complexity index is 623. The summed E-state index contributed by atoms with van der Waals surface area (Å²) >= 11 is 0. The third-order valence-corrected chi connectivity index (χ3v) is 9.67. The van der Waals surface area contributed by atoms with Crippen molar-refractivity contribution in [1.29, 1.82) is 0 Å². The van der Waals surface area contributed by atoms with Crippen LogP contribution >= 0.6 is 0 Å². The van der Waals surface area contributed by atoms with E-state index in [1.807, 2.05) is 0 Å². The average molecular weight is 409 g/mol. The van der Waals surface area contributed by atoms with Crippen molar-refractivity contribution in [2.24, 2.45) is 23.7 Å². The molecule has 0 amide bonds. The second kappa shape index (κ2) is 9.33. The molecule has 6 unspecified atom stereocenters. The number of piperidine rings is 2. The highest BCUT2D eigenvalue weighted by atomic mass is 15.1. The lowest BCUT2D eigenvalue weighted by molar-refractivity contribution is 0.0407. The summed E-state index contributed by atoms with van der Waals surface area (Å²) in [5.74, 6) is 3.89. The van der Waals surface area contributed by atoms with Crippen LogP contribution in [0.5, 0.6) is 0 Å². The van der Waals surface area contributed by atoms with Gasteiger partial charge in [-0.25, -0.2) is 0 Å². The second-order valence-corrected chi connectivity index (χ2v) is 11.3. The molecule has 0 bridgehead atoms. The highest BCUT2D eigenvalue weighted by Crippen LogP contribution is 2.41. The van der Waals surface area contributed by atoms with Gasteiger partial charge in [0, 0.05) is 12.1 Å². The molecule has 1 aromatic carbocycles. The maximum Gasteiger partial charge on any atom is 0.0163 e. The summed E-state index contributed by atoms with van der Waals surface area (Å²) in [6.45, 7) is 2.61. The molecule has 2 heterocycles. The van der Waals surface area contributed by atoms with Gasteiger partial charge in [0.25, 0.3) is 0 Å². The lowest BCUT2D eigenvalue weighted by Crippen LogP contribution is -2.49. The monoisotopic (exact) mass is 408 g/mol. The van der Waals surface area contributed by atoms with Gasteiger partial charge in [0.15, 0.2) is 0 Å². The summed E-state index contributed by atoms with van der Waals surface area (Å²) < 4.78 is 0. The van der Waals surface area contributed by atoms with Crippen LogP contribution in [0.2, 0.25) is 0 Å². The van der Waals surface area contributed by atoms with Crippen molar-refractivity contribution in [2.75, 3.05) is 27.2 Å². The predicted octanol–water partition coefficient (Wildman–Crippen LogP) is 5.79. The predicted molar refractivity (Wildman–Crippen MR) is 127 cm³/mol. The fourth-order valence-corrected chi connectivity index (χ4v) is 7.84. The molecule has 4 fully saturated rings. The van der Waals surface area contributed by atoms with Crippen molar-refractivity contribution in [3.05, 3.63) is 35.4 Å². The van der Waals surface area contributed by atoms with Gasteiger partial charge >= 0.3 is 0 Å². The zero-order chi connectivity index (χ0) is 20.5. The van der Waals surface area contributed by atoms with Crippen molar-refractivity contribution >= 4 is 0 Å². The Morgan fingerprint density at radius 3 is 1.43 bits per heavy atom. The summed E-state index contributed by atoms with van der Waals surface area (Å²) in [5, 5.41) is 0. The zero-order valence-corrected chi connectivity index (χ0v) is 19.6. The van der Waals surface area contributed by atoms with E-state index in [4.69, 9.17) is 0 Å². The summed E-state index contributed by atoms with van der Waals surface area (Å²) in [7, 11) is 4.76. The summed E-state index contributed by atoms with van der Waals surface area (Å²) in [6, 6.07) is 11.4. The first-order chi connectivity index (χ1) is 14.7. The van der Waals surface area contributed by atoms with Gasteiger partial charge in [0.2, 0.25) is 0 Å². The molecule has 4 aliphatic rings. The number of likely N-dealkylation sites (tertiary alicyclic amines) is 2. The van der Waals surface area contributed by atoms with Gasteiger partial charge in [-0.15, -0.1) is 0 Å². The normalized spacial score (nSPS) is 38.1. The van der Waals surface area contributed by atoms with E-state index in [9.17, 15) is 0 Å². The van der Waals surface area contributed by atoms with E-state index < -0.39 is 0 Å². The van der Waals surface area contributed by atoms with Crippen molar-refractivity contribution in [1.82, 2.24) is 9.80 Å². The van der Waals surface area contributed by atoms with Crippen LogP contribution in [0, 0.1) is 23.7 Å². The van der Waals surface area contributed by atoms with Gasteiger partial charge < -0.3 is 9.80 Å². The summed E-state index contributed by atoms with van der Waals surface area (Å²) in [5.41, 5.74) is 3.13. The van der Waals surface area contributed by atoms with Crippen LogP contribution in [0.3, 0.4) is 0 Å². The molecule has 1 aromatic rings. The molecule has 30 heavy (non-hydrogen) atoms. The number of hydrogen-bond donors (Lipinski definition) is 0. The largest absolute Gasteiger partial charge is 0.303 e. The third-order valence-electron chi connectivity index (χ3n) is 9.67. The number of benzene rings is 1. The fraction of sp³-hybridized carbons (Fsp3) is 0.786. The first-order valence-corrected chi connectivity index (χ1v) is 13.2. The topological polar surface area (TPSA) is 6.48 Å². The lowest BCUT2D eigenvalue weighted by atomic mass is 9.69. The van der Waals surface area contributed by atoms with Crippen molar-refractivity contribution in [2.45, 2.75) is 89.1 Å². The molecular formula is C28H44N2. The Hall–Kier alpha value is -0.860. The fourth-order valence-electron chi connectivity index (χ4n) is 7.84. The SMILES string of the molecule is CN1CCC2CCCCC2C1Cc1ccc(CC2C3CCCCC3CCN2C)cc1. The molecule has 2 nitrogen and oxygen atoms in total. The molecule has 0 N–H and O–H groups in total. The Morgan fingerprint density at radius 1 is 0.600 bits per heavy atom. The Balaban J connectivity index is 1.24. The minimum atomic E-state index is 0.766. The van der Waals surface area contributed by atoms with Crippen molar-refractivity contribution in [3.63, 3.8) is 0 Å². The Kier molecular flexibility index (Phi) is 6.53. The first kappa shape index (κ1) is 21.0. The van der Waals surface area contributed by atoms with E-state index in [1.54, 1.807) is 11.1 Å². The van der Waals surface area contributed by atoms with Crippen LogP contribution in [0.15, 0.2) is 24.3 Å². The smallest absolute Gasteiger partial charge is 0.0163 e. The standard InChI is InChI=1S/C28H44N2/c1-29-17-15-23-7-3-5-9-25(23)27(29)19-21-11-13-22(14-12-21)20-28-26-10-6-4-8-24(26)16-18-30(28)2/h11-14,23-28H,3-10,15-20H2,1-2H3. The van der Waals surface area contributed by atoms with E-state index in [2.05, 4.69) is 48.2 Å². The van der Waals surface area contributed by atoms with Crippen LogP contribution in [0.1, 0.15) is 75.3 Å². The quantitative estimate of drug-likeness (QED) is 0.622. The molecule has 2 aliphatic heterocycles. The maximum atomic E-state index is 2.68. The minimum absolute atomic E-state index is 0.766. The minimum Gasteiger partial charge on any atom is -0.303 e. The molecule has 0 aromatic heterocycles. The second-order valence-electron chi connectivity index (χ2n) is 11.3. The molecule has 2 saturated heterocycles. The average Bonchev–Trinajstić information content (AvgIpc) is 2.79.